The Morgan fingerprint density at radius 2 is 1.74 bits per heavy atom. The van der Waals surface area contributed by atoms with E-state index in [0.29, 0.717) is 41.5 Å². The third kappa shape index (κ3) is 3.96. The maximum absolute atomic E-state index is 13.1. The van der Waals surface area contributed by atoms with Crippen molar-refractivity contribution in [3.05, 3.63) is 83.4 Å². The van der Waals surface area contributed by atoms with Gasteiger partial charge in [0.1, 0.15) is 23.1 Å². The highest BCUT2D eigenvalue weighted by Gasteiger charge is 2.34. The summed E-state index contributed by atoms with van der Waals surface area (Å²) in [6, 6.07) is 20.6. The normalized spacial score (nSPS) is 15.4. The van der Waals surface area contributed by atoms with E-state index in [2.05, 4.69) is 49.2 Å². The number of rotatable bonds is 4. The molecule has 7 heteroatoms. The molecule has 2 heterocycles. The number of aryl methyl sites for hydroxylation is 2. The van der Waals surface area contributed by atoms with Crippen LogP contribution >= 0.6 is 0 Å². The number of fused-ring (bicyclic) bond motifs is 3. The van der Waals surface area contributed by atoms with Crippen LogP contribution in [0, 0.1) is 13.8 Å². The minimum Gasteiger partial charge on any atom is -0.507 e. The molecule has 0 unspecified atom stereocenters. The van der Waals surface area contributed by atoms with Gasteiger partial charge in [0.2, 0.25) is 0 Å². The molecule has 1 atom stereocenters. The molecule has 1 aliphatic heterocycles. The van der Waals surface area contributed by atoms with Crippen LogP contribution in [0.5, 0.6) is 5.75 Å². The van der Waals surface area contributed by atoms with Gasteiger partial charge in [-0.1, -0.05) is 42.5 Å². The van der Waals surface area contributed by atoms with Crippen LogP contribution < -0.4 is 0 Å². The monoisotopic (exact) mass is 505 g/mol. The van der Waals surface area contributed by atoms with E-state index in [-0.39, 0.29) is 11.3 Å². The second-order valence-electron chi connectivity index (χ2n) is 10.0. The minimum atomic E-state index is -1.01. The first kappa shape index (κ1) is 23.7. The van der Waals surface area contributed by atoms with Gasteiger partial charge in [0.15, 0.2) is 0 Å². The molecule has 0 bridgehead atoms. The third-order valence-corrected chi connectivity index (χ3v) is 7.57. The van der Waals surface area contributed by atoms with Crippen molar-refractivity contribution in [2.45, 2.75) is 32.7 Å². The second kappa shape index (κ2) is 9.03. The van der Waals surface area contributed by atoms with Gasteiger partial charge < -0.3 is 20.1 Å². The van der Waals surface area contributed by atoms with Crippen molar-refractivity contribution in [3.63, 3.8) is 0 Å². The van der Waals surface area contributed by atoms with Crippen molar-refractivity contribution < 1.29 is 19.8 Å². The summed E-state index contributed by atoms with van der Waals surface area (Å²) in [5.41, 5.74) is 7.27. The van der Waals surface area contributed by atoms with E-state index in [1.54, 1.807) is 6.07 Å². The van der Waals surface area contributed by atoms with Crippen LogP contribution in [0.3, 0.4) is 0 Å². The lowest BCUT2D eigenvalue weighted by molar-refractivity contribution is -0.141. The number of carboxylic acid groups (broad SMARTS) is 1. The Kier molecular flexibility index (Phi) is 5.64. The molecule has 1 fully saturated rings. The maximum atomic E-state index is 13.1. The van der Waals surface area contributed by atoms with Gasteiger partial charge in [-0.2, -0.15) is 0 Å². The Labute approximate surface area is 219 Å². The number of carbonyl (C=O) groups excluding carboxylic acids is 1. The Hall–Kier alpha value is -4.65. The lowest BCUT2D eigenvalue weighted by Crippen LogP contribution is -2.40. The predicted octanol–water partition coefficient (Wildman–Crippen LogP) is 6.06. The van der Waals surface area contributed by atoms with Gasteiger partial charge in [0.25, 0.3) is 5.91 Å². The Balaban J connectivity index is 1.39. The number of amides is 1. The van der Waals surface area contributed by atoms with Crippen LogP contribution in [-0.2, 0) is 4.79 Å². The molecule has 0 radical (unpaired) electrons. The SMILES string of the molecule is Cc1ccc(-c2cccc(-c3nc4c(ccc5cc(C(=O)N6CCC[C@H]6C(=O)O)cc(O)c54)[nH]3)c2)cc1C. The van der Waals surface area contributed by atoms with E-state index in [1.165, 1.54) is 22.1 Å². The standard InChI is InChI=1S/C31H27N3O4/c1-17-8-9-20(13-18(17)2)19-5-3-6-22(14-19)29-32-24-11-10-21-15-23(16-26(35)27(21)28(24)33-29)30(36)34-12-4-7-25(34)31(37)38/h3,5-6,8-11,13-16,25,35H,4,7,12H2,1-2H3,(H,32,33)(H,37,38)/t25-/m0/s1. The molecule has 0 aliphatic carbocycles. The first-order valence-corrected chi connectivity index (χ1v) is 12.7. The quantitative estimate of drug-likeness (QED) is 0.275. The van der Waals surface area contributed by atoms with Crippen molar-refractivity contribution in [3.8, 4) is 28.3 Å². The highest BCUT2D eigenvalue weighted by atomic mass is 16.4. The van der Waals surface area contributed by atoms with Gasteiger partial charge in [-0.15, -0.1) is 0 Å². The van der Waals surface area contributed by atoms with E-state index < -0.39 is 17.9 Å². The van der Waals surface area contributed by atoms with E-state index in [9.17, 15) is 19.8 Å². The Morgan fingerprint density at radius 1 is 0.947 bits per heavy atom. The first-order valence-electron chi connectivity index (χ1n) is 12.7. The van der Waals surface area contributed by atoms with E-state index in [0.717, 1.165) is 22.2 Å². The number of phenolic OH excluding ortho intramolecular Hbond substituents is 1. The van der Waals surface area contributed by atoms with E-state index >= 15 is 0 Å². The lowest BCUT2D eigenvalue weighted by atomic mass is 9.99. The molecule has 1 saturated heterocycles. The third-order valence-electron chi connectivity index (χ3n) is 7.57. The van der Waals surface area contributed by atoms with Crippen molar-refractivity contribution in [2.24, 2.45) is 0 Å². The number of aliphatic carboxylic acids is 1. The molecule has 1 aliphatic rings. The molecule has 1 amide bonds. The van der Waals surface area contributed by atoms with Crippen molar-refractivity contribution >= 4 is 33.7 Å². The molecule has 190 valence electrons. The highest BCUT2D eigenvalue weighted by Crippen LogP contribution is 2.35. The summed E-state index contributed by atoms with van der Waals surface area (Å²) < 4.78 is 0. The number of aromatic nitrogens is 2. The zero-order valence-corrected chi connectivity index (χ0v) is 21.2. The molecule has 4 aromatic carbocycles. The van der Waals surface area contributed by atoms with E-state index in [1.807, 2.05) is 24.3 Å². The van der Waals surface area contributed by atoms with Gasteiger partial charge in [0, 0.05) is 17.7 Å². The van der Waals surface area contributed by atoms with Crippen LogP contribution in [0.2, 0.25) is 0 Å². The largest absolute Gasteiger partial charge is 0.507 e. The fraction of sp³-hybridized carbons (Fsp3) is 0.194. The fourth-order valence-corrected chi connectivity index (χ4v) is 5.37. The van der Waals surface area contributed by atoms with Crippen LogP contribution in [0.4, 0.5) is 0 Å². The number of carbonyl (C=O) groups is 2. The number of imidazole rings is 1. The topological polar surface area (TPSA) is 107 Å². The van der Waals surface area contributed by atoms with Crippen LogP contribution in [-0.4, -0.2) is 49.5 Å². The molecule has 6 rings (SSSR count). The summed E-state index contributed by atoms with van der Waals surface area (Å²) in [5, 5.41) is 21.7. The van der Waals surface area contributed by atoms with E-state index in [4.69, 9.17) is 4.98 Å². The summed E-state index contributed by atoms with van der Waals surface area (Å²) in [4.78, 5) is 34.3. The smallest absolute Gasteiger partial charge is 0.326 e. The molecule has 0 saturated carbocycles. The van der Waals surface area contributed by atoms with Gasteiger partial charge in [-0.25, -0.2) is 9.78 Å². The molecule has 0 spiro atoms. The fourth-order valence-electron chi connectivity index (χ4n) is 5.37. The average Bonchev–Trinajstić information content (AvgIpc) is 3.57. The summed E-state index contributed by atoms with van der Waals surface area (Å²) in [6.07, 6.45) is 1.08. The number of likely N-dealkylation sites (tertiary alicyclic amines) is 1. The number of hydrogen-bond donors (Lipinski definition) is 3. The highest BCUT2D eigenvalue weighted by molar-refractivity contribution is 6.11. The Bertz CT molecular complexity index is 1750. The predicted molar refractivity (Wildman–Crippen MR) is 147 cm³/mol. The number of nitrogens with zero attached hydrogens (tertiary/aromatic N) is 2. The van der Waals surface area contributed by atoms with Gasteiger partial charge in [-0.05, 0) is 78.6 Å². The van der Waals surface area contributed by atoms with Crippen molar-refractivity contribution in [1.29, 1.82) is 0 Å². The number of nitrogens with one attached hydrogen (secondary N) is 1. The molecular weight excluding hydrogens is 478 g/mol. The summed E-state index contributed by atoms with van der Waals surface area (Å²) >= 11 is 0. The molecule has 3 N–H and O–H groups in total. The number of carboxylic acids is 1. The summed E-state index contributed by atoms with van der Waals surface area (Å²) in [6.45, 7) is 4.59. The summed E-state index contributed by atoms with van der Waals surface area (Å²) in [5.74, 6) is -0.783. The molecule has 7 nitrogen and oxygen atoms in total. The minimum absolute atomic E-state index is 0.0653. The average molecular weight is 506 g/mol. The molecule has 1 aromatic heterocycles. The van der Waals surface area contributed by atoms with Crippen LogP contribution in [0.1, 0.15) is 34.3 Å². The zero-order chi connectivity index (χ0) is 26.6. The van der Waals surface area contributed by atoms with Crippen molar-refractivity contribution in [1.82, 2.24) is 14.9 Å². The number of H-pyrrole nitrogens is 1. The number of phenols is 1. The van der Waals surface area contributed by atoms with Gasteiger partial charge >= 0.3 is 5.97 Å². The molecule has 38 heavy (non-hydrogen) atoms. The first-order chi connectivity index (χ1) is 18.3. The zero-order valence-electron chi connectivity index (χ0n) is 21.2. The maximum Gasteiger partial charge on any atom is 0.326 e. The lowest BCUT2D eigenvalue weighted by Gasteiger charge is -2.21. The number of aromatic hydroxyl groups is 1. The van der Waals surface area contributed by atoms with Crippen molar-refractivity contribution in [2.75, 3.05) is 6.54 Å². The Morgan fingerprint density at radius 3 is 2.53 bits per heavy atom. The second-order valence-corrected chi connectivity index (χ2v) is 10.0. The molecule has 5 aromatic rings. The number of hydrogen-bond acceptors (Lipinski definition) is 4. The number of benzene rings is 4. The van der Waals surface area contributed by atoms with Crippen LogP contribution in [0.15, 0.2) is 66.7 Å². The molecular formula is C31H27N3O4. The summed E-state index contributed by atoms with van der Waals surface area (Å²) in [7, 11) is 0. The number of aromatic amines is 1. The van der Waals surface area contributed by atoms with Crippen LogP contribution in [0.25, 0.3) is 44.3 Å². The van der Waals surface area contributed by atoms with Gasteiger partial charge in [0.05, 0.1) is 10.9 Å². The van der Waals surface area contributed by atoms with Gasteiger partial charge in [-0.3, -0.25) is 4.79 Å².